The van der Waals surface area contributed by atoms with Gasteiger partial charge in [0.15, 0.2) is 12.7 Å². The average molecular weight is 377 g/mol. The van der Waals surface area contributed by atoms with Gasteiger partial charge in [0.25, 0.3) is 5.91 Å². The van der Waals surface area contributed by atoms with Crippen LogP contribution < -0.4 is 10.1 Å². The molecule has 0 aliphatic heterocycles. The van der Waals surface area contributed by atoms with E-state index in [9.17, 15) is 9.59 Å². The smallest absolute Gasteiger partial charge is 0.347 e. The Morgan fingerprint density at radius 3 is 2.36 bits per heavy atom. The van der Waals surface area contributed by atoms with Crippen LogP contribution in [0, 0.1) is 0 Å². The van der Waals surface area contributed by atoms with E-state index < -0.39 is 12.1 Å². The molecule has 0 aliphatic rings. The Balaban J connectivity index is 1.53. The topological polar surface area (TPSA) is 64.6 Å². The minimum Gasteiger partial charge on any atom is -0.479 e. The Labute approximate surface area is 164 Å². The van der Waals surface area contributed by atoms with E-state index in [-0.39, 0.29) is 18.6 Å². The molecule has 0 spiro atoms. The number of carbonyl (C=O) groups excluding carboxylic acids is 2. The number of hydrogen-bond acceptors (Lipinski definition) is 4. The van der Waals surface area contributed by atoms with Gasteiger partial charge in [0.1, 0.15) is 5.75 Å². The normalized spacial score (nSPS) is 12.8. The molecular formula is C23H23NO4. The number of hydrogen-bond donors (Lipinski definition) is 1. The van der Waals surface area contributed by atoms with Gasteiger partial charge in [-0.1, -0.05) is 60.7 Å². The zero-order valence-electron chi connectivity index (χ0n) is 15.9. The lowest BCUT2D eigenvalue weighted by Gasteiger charge is -2.17. The molecule has 0 aromatic heterocycles. The number of esters is 1. The van der Waals surface area contributed by atoms with Crippen molar-refractivity contribution in [1.29, 1.82) is 0 Å². The van der Waals surface area contributed by atoms with Crippen molar-refractivity contribution in [1.82, 2.24) is 5.32 Å². The first-order chi connectivity index (χ1) is 13.5. The van der Waals surface area contributed by atoms with Crippen LogP contribution in [0.3, 0.4) is 0 Å². The Kier molecular flexibility index (Phi) is 6.27. The summed E-state index contributed by atoms with van der Waals surface area (Å²) in [5, 5.41) is 5.07. The van der Waals surface area contributed by atoms with Gasteiger partial charge in [0, 0.05) is 0 Å². The molecule has 3 aromatic carbocycles. The number of rotatable bonds is 7. The van der Waals surface area contributed by atoms with E-state index in [0.29, 0.717) is 5.75 Å². The van der Waals surface area contributed by atoms with Crippen LogP contribution in [-0.4, -0.2) is 24.6 Å². The van der Waals surface area contributed by atoms with Crippen molar-refractivity contribution in [3.05, 3.63) is 78.4 Å². The van der Waals surface area contributed by atoms with Gasteiger partial charge in [0.2, 0.25) is 0 Å². The fourth-order valence-electron chi connectivity index (χ4n) is 2.99. The second kappa shape index (κ2) is 9.04. The maximum Gasteiger partial charge on any atom is 0.347 e. The summed E-state index contributed by atoms with van der Waals surface area (Å²) in [5.74, 6) is -0.376. The Bertz CT molecular complexity index is 950. The van der Waals surface area contributed by atoms with Gasteiger partial charge in [-0.15, -0.1) is 0 Å². The van der Waals surface area contributed by atoms with Crippen LogP contribution in [0.4, 0.5) is 0 Å². The van der Waals surface area contributed by atoms with Gasteiger partial charge < -0.3 is 14.8 Å². The fourth-order valence-corrected chi connectivity index (χ4v) is 2.99. The van der Waals surface area contributed by atoms with E-state index >= 15 is 0 Å². The summed E-state index contributed by atoms with van der Waals surface area (Å²) in [6.45, 7) is 3.14. The van der Waals surface area contributed by atoms with Crippen molar-refractivity contribution in [2.24, 2.45) is 0 Å². The monoisotopic (exact) mass is 377 g/mol. The number of benzene rings is 3. The van der Waals surface area contributed by atoms with E-state index in [2.05, 4.69) is 5.32 Å². The molecule has 1 N–H and O–H groups in total. The Morgan fingerprint density at radius 2 is 1.57 bits per heavy atom. The summed E-state index contributed by atoms with van der Waals surface area (Å²) in [6, 6.07) is 22.8. The van der Waals surface area contributed by atoms with Crippen molar-refractivity contribution in [3.63, 3.8) is 0 Å². The molecule has 3 rings (SSSR count). The summed E-state index contributed by atoms with van der Waals surface area (Å²) in [4.78, 5) is 24.3. The summed E-state index contributed by atoms with van der Waals surface area (Å²) < 4.78 is 10.6. The van der Waals surface area contributed by atoms with Crippen molar-refractivity contribution < 1.29 is 19.1 Å². The van der Waals surface area contributed by atoms with Crippen LogP contribution in [-0.2, 0) is 14.3 Å². The molecule has 0 saturated heterocycles. The summed E-state index contributed by atoms with van der Waals surface area (Å²) in [5.41, 5.74) is 1.01. The van der Waals surface area contributed by atoms with Crippen molar-refractivity contribution in [2.45, 2.75) is 26.0 Å². The first kappa shape index (κ1) is 19.4. The van der Waals surface area contributed by atoms with Crippen LogP contribution in [0.15, 0.2) is 72.8 Å². The van der Waals surface area contributed by atoms with E-state index in [1.807, 2.05) is 67.6 Å². The maximum absolute atomic E-state index is 12.2. The number of carbonyl (C=O) groups is 2. The molecule has 3 aromatic rings. The predicted octanol–water partition coefficient (Wildman–Crippen LogP) is 4.03. The minimum atomic E-state index is -0.800. The number of fused-ring (bicyclic) bond motifs is 1. The molecular weight excluding hydrogens is 354 g/mol. The van der Waals surface area contributed by atoms with Gasteiger partial charge in [0.05, 0.1) is 6.04 Å². The zero-order valence-corrected chi connectivity index (χ0v) is 15.9. The Morgan fingerprint density at radius 1 is 0.893 bits per heavy atom. The fraction of sp³-hybridized carbons (Fsp3) is 0.217. The third-order valence-corrected chi connectivity index (χ3v) is 4.40. The molecule has 0 heterocycles. The highest BCUT2D eigenvalue weighted by molar-refractivity contribution is 5.87. The molecule has 5 nitrogen and oxygen atoms in total. The lowest BCUT2D eigenvalue weighted by molar-refractivity contribution is -0.154. The lowest BCUT2D eigenvalue weighted by Crippen LogP contribution is -2.34. The molecule has 0 aliphatic carbocycles. The molecule has 0 saturated carbocycles. The van der Waals surface area contributed by atoms with E-state index in [1.54, 1.807) is 19.1 Å². The van der Waals surface area contributed by atoms with Crippen LogP contribution >= 0.6 is 0 Å². The second-order valence-corrected chi connectivity index (χ2v) is 6.54. The molecule has 0 bridgehead atoms. The van der Waals surface area contributed by atoms with E-state index in [1.165, 1.54) is 0 Å². The standard InChI is InChI=1S/C23H23NO4/c1-16(20-14-8-10-18-9-6-7-13-21(18)20)24-22(25)15-27-23(26)17(2)28-19-11-4-3-5-12-19/h3-14,16-17H,15H2,1-2H3,(H,24,25)/t16-,17+/m0/s1. The highest BCUT2D eigenvalue weighted by Crippen LogP contribution is 2.23. The van der Waals surface area contributed by atoms with Crippen LogP contribution in [0.5, 0.6) is 5.75 Å². The van der Waals surface area contributed by atoms with Crippen molar-refractivity contribution in [2.75, 3.05) is 6.61 Å². The number of para-hydroxylation sites is 1. The molecule has 2 atom stereocenters. The molecule has 1 amide bonds. The summed E-state index contributed by atoms with van der Waals surface area (Å²) in [7, 11) is 0. The van der Waals surface area contributed by atoms with E-state index in [0.717, 1.165) is 16.3 Å². The van der Waals surface area contributed by atoms with Crippen LogP contribution in [0.25, 0.3) is 10.8 Å². The van der Waals surface area contributed by atoms with Crippen LogP contribution in [0.2, 0.25) is 0 Å². The quantitative estimate of drug-likeness (QED) is 0.632. The van der Waals surface area contributed by atoms with Gasteiger partial charge in [-0.2, -0.15) is 0 Å². The van der Waals surface area contributed by atoms with Gasteiger partial charge in [-0.25, -0.2) is 4.79 Å². The highest BCUT2D eigenvalue weighted by Gasteiger charge is 2.19. The number of amides is 1. The third-order valence-electron chi connectivity index (χ3n) is 4.40. The van der Waals surface area contributed by atoms with Gasteiger partial charge in [-0.3, -0.25) is 4.79 Å². The second-order valence-electron chi connectivity index (χ2n) is 6.54. The molecule has 0 unspecified atom stereocenters. The minimum absolute atomic E-state index is 0.213. The largest absolute Gasteiger partial charge is 0.479 e. The number of ether oxygens (including phenoxy) is 2. The highest BCUT2D eigenvalue weighted by atomic mass is 16.6. The first-order valence-corrected chi connectivity index (χ1v) is 9.20. The molecule has 144 valence electrons. The van der Waals surface area contributed by atoms with Gasteiger partial charge in [-0.05, 0) is 42.3 Å². The predicted molar refractivity (Wildman–Crippen MR) is 108 cm³/mol. The third kappa shape index (κ3) is 4.88. The zero-order chi connectivity index (χ0) is 19.9. The summed E-state index contributed by atoms with van der Waals surface area (Å²) >= 11 is 0. The molecule has 5 heteroatoms. The number of nitrogens with one attached hydrogen (secondary N) is 1. The molecule has 0 fully saturated rings. The maximum atomic E-state index is 12.2. The van der Waals surface area contributed by atoms with Crippen molar-refractivity contribution >= 4 is 22.6 Å². The Hall–Kier alpha value is -3.34. The molecule has 28 heavy (non-hydrogen) atoms. The SMILES string of the molecule is C[C@H](NC(=O)COC(=O)[C@@H](C)Oc1ccccc1)c1cccc2ccccc12. The van der Waals surface area contributed by atoms with E-state index in [4.69, 9.17) is 9.47 Å². The lowest BCUT2D eigenvalue weighted by atomic mass is 10.00. The first-order valence-electron chi connectivity index (χ1n) is 9.20. The van der Waals surface area contributed by atoms with Crippen LogP contribution in [0.1, 0.15) is 25.5 Å². The summed E-state index contributed by atoms with van der Waals surface area (Å²) in [6.07, 6.45) is -0.800. The van der Waals surface area contributed by atoms with Crippen molar-refractivity contribution in [3.8, 4) is 5.75 Å². The average Bonchev–Trinajstić information content (AvgIpc) is 2.72. The molecule has 0 radical (unpaired) electrons. The van der Waals surface area contributed by atoms with Gasteiger partial charge >= 0.3 is 5.97 Å².